The molecular weight excluding hydrogens is 227 g/mol. The zero-order valence-electron chi connectivity index (χ0n) is 7.33. The maximum absolute atomic E-state index is 10.8. The molecule has 1 aromatic rings. The SMILES string of the molecule is COC(C(=O)O)c1c(Cl)cccc1Cl. The van der Waals surface area contributed by atoms with Gasteiger partial charge in [0.2, 0.25) is 0 Å². The van der Waals surface area contributed by atoms with E-state index in [2.05, 4.69) is 0 Å². The summed E-state index contributed by atoms with van der Waals surface area (Å²) in [5, 5.41) is 9.40. The standard InChI is InChI=1S/C9H8Cl2O3/c1-14-8(9(12)13)7-5(10)3-2-4-6(7)11/h2-4,8H,1H3,(H,12,13). The lowest BCUT2D eigenvalue weighted by Gasteiger charge is -2.13. The molecule has 0 spiro atoms. The van der Waals surface area contributed by atoms with Crippen molar-refractivity contribution >= 4 is 29.2 Å². The van der Waals surface area contributed by atoms with Crippen LogP contribution in [0.1, 0.15) is 11.7 Å². The predicted octanol–water partition coefficient (Wildman–Crippen LogP) is 2.77. The second-order valence-corrected chi connectivity index (χ2v) is 3.40. The molecule has 0 aliphatic rings. The number of benzene rings is 1. The zero-order chi connectivity index (χ0) is 10.7. The van der Waals surface area contributed by atoms with Crippen LogP contribution in [0.5, 0.6) is 0 Å². The monoisotopic (exact) mass is 234 g/mol. The van der Waals surface area contributed by atoms with Gasteiger partial charge in [-0.2, -0.15) is 0 Å². The lowest BCUT2D eigenvalue weighted by Crippen LogP contribution is -2.14. The quantitative estimate of drug-likeness (QED) is 0.876. The highest BCUT2D eigenvalue weighted by Crippen LogP contribution is 2.31. The summed E-state index contributed by atoms with van der Waals surface area (Å²) >= 11 is 11.6. The van der Waals surface area contributed by atoms with Crippen molar-refractivity contribution in [1.82, 2.24) is 0 Å². The van der Waals surface area contributed by atoms with Crippen molar-refractivity contribution in [3.8, 4) is 0 Å². The number of carboxylic acids is 1. The van der Waals surface area contributed by atoms with Crippen LogP contribution in [-0.2, 0) is 9.53 Å². The molecule has 0 fully saturated rings. The highest BCUT2D eigenvalue weighted by molar-refractivity contribution is 6.36. The van der Waals surface area contributed by atoms with Gasteiger partial charge in [-0.05, 0) is 12.1 Å². The molecule has 0 bridgehead atoms. The predicted molar refractivity (Wildman–Crippen MR) is 53.8 cm³/mol. The molecule has 0 aromatic heterocycles. The van der Waals surface area contributed by atoms with Gasteiger partial charge in [-0.1, -0.05) is 29.3 Å². The van der Waals surface area contributed by atoms with Crippen molar-refractivity contribution in [2.75, 3.05) is 7.11 Å². The van der Waals surface area contributed by atoms with Gasteiger partial charge in [0.05, 0.1) is 0 Å². The third kappa shape index (κ3) is 2.18. The van der Waals surface area contributed by atoms with Gasteiger partial charge in [-0.3, -0.25) is 0 Å². The van der Waals surface area contributed by atoms with E-state index in [9.17, 15) is 4.79 Å². The fourth-order valence-corrected chi connectivity index (χ4v) is 1.70. The zero-order valence-corrected chi connectivity index (χ0v) is 8.84. The van der Waals surface area contributed by atoms with Gasteiger partial charge < -0.3 is 9.84 Å². The van der Waals surface area contributed by atoms with Crippen molar-refractivity contribution < 1.29 is 14.6 Å². The fourth-order valence-electron chi connectivity index (χ4n) is 1.10. The van der Waals surface area contributed by atoms with Crippen molar-refractivity contribution in [3.63, 3.8) is 0 Å². The van der Waals surface area contributed by atoms with Crippen LogP contribution in [0.3, 0.4) is 0 Å². The number of hydrogen-bond donors (Lipinski definition) is 1. The Morgan fingerprint density at radius 1 is 1.43 bits per heavy atom. The van der Waals surface area contributed by atoms with E-state index in [0.29, 0.717) is 0 Å². The van der Waals surface area contributed by atoms with E-state index in [1.165, 1.54) is 7.11 Å². The first kappa shape index (κ1) is 11.3. The number of halogens is 2. The molecule has 0 amide bonds. The fraction of sp³-hybridized carbons (Fsp3) is 0.222. The van der Waals surface area contributed by atoms with Crippen LogP contribution in [0.4, 0.5) is 0 Å². The van der Waals surface area contributed by atoms with Crippen LogP contribution >= 0.6 is 23.2 Å². The molecule has 14 heavy (non-hydrogen) atoms. The Balaban J connectivity index is 3.22. The second-order valence-electron chi connectivity index (χ2n) is 2.59. The molecule has 0 aliphatic carbocycles. The Labute approximate surface area is 91.2 Å². The molecular formula is C9H8Cl2O3. The normalized spacial score (nSPS) is 12.5. The van der Waals surface area contributed by atoms with Gasteiger partial charge in [0.25, 0.3) is 0 Å². The van der Waals surface area contributed by atoms with Crippen LogP contribution in [0.25, 0.3) is 0 Å². The molecule has 0 radical (unpaired) electrons. The lowest BCUT2D eigenvalue weighted by molar-refractivity contribution is -0.148. The van der Waals surface area contributed by atoms with E-state index < -0.39 is 12.1 Å². The van der Waals surface area contributed by atoms with E-state index in [1.54, 1.807) is 18.2 Å². The highest BCUT2D eigenvalue weighted by atomic mass is 35.5. The van der Waals surface area contributed by atoms with Crippen LogP contribution in [0.15, 0.2) is 18.2 Å². The largest absolute Gasteiger partial charge is 0.479 e. The maximum Gasteiger partial charge on any atom is 0.337 e. The Kier molecular flexibility index (Phi) is 3.75. The Morgan fingerprint density at radius 2 is 1.93 bits per heavy atom. The molecule has 0 saturated heterocycles. The summed E-state index contributed by atoms with van der Waals surface area (Å²) in [5.74, 6) is -1.12. The third-order valence-corrected chi connectivity index (χ3v) is 2.38. The van der Waals surface area contributed by atoms with Crippen molar-refractivity contribution in [1.29, 1.82) is 0 Å². The average molecular weight is 235 g/mol. The second kappa shape index (κ2) is 4.64. The molecule has 1 unspecified atom stereocenters. The number of carboxylic acid groups (broad SMARTS) is 1. The summed E-state index contributed by atoms with van der Waals surface area (Å²) in [6, 6.07) is 4.78. The highest BCUT2D eigenvalue weighted by Gasteiger charge is 2.24. The third-order valence-electron chi connectivity index (χ3n) is 1.72. The summed E-state index contributed by atoms with van der Waals surface area (Å²) in [5.41, 5.74) is 0.283. The Bertz CT molecular complexity index is 332. The van der Waals surface area contributed by atoms with Crippen molar-refractivity contribution in [3.05, 3.63) is 33.8 Å². The number of aliphatic carboxylic acids is 1. The van der Waals surface area contributed by atoms with Crippen LogP contribution < -0.4 is 0 Å². The van der Waals surface area contributed by atoms with E-state index in [4.69, 9.17) is 33.0 Å². The van der Waals surface area contributed by atoms with Gasteiger partial charge in [0.1, 0.15) is 0 Å². The number of rotatable bonds is 3. The summed E-state index contributed by atoms with van der Waals surface area (Å²) in [6.07, 6.45) is -1.13. The molecule has 76 valence electrons. The van der Waals surface area contributed by atoms with E-state index in [0.717, 1.165) is 0 Å². The first-order valence-electron chi connectivity index (χ1n) is 3.77. The minimum atomic E-state index is -1.13. The number of ether oxygens (including phenoxy) is 1. The molecule has 0 saturated carbocycles. The summed E-state index contributed by atoms with van der Waals surface area (Å²) in [7, 11) is 1.29. The first-order chi connectivity index (χ1) is 6.57. The summed E-state index contributed by atoms with van der Waals surface area (Å²) < 4.78 is 4.79. The van der Waals surface area contributed by atoms with E-state index in [1.807, 2.05) is 0 Å². The van der Waals surface area contributed by atoms with E-state index in [-0.39, 0.29) is 15.6 Å². The first-order valence-corrected chi connectivity index (χ1v) is 4.53. The molecule has 1 rings (SSSR count). The summed E-state index contributed by atoms with van der Waals surface area (Å²) in [4.78, 5) is 10.8. The molecule has 1 N–H and O–H groups in total. The molecule has 5 heteroatoms. The maximum atomic E-state index is 10.8. The molecule has 3 nitrogen and oxygen atoms in total. The molecule has 0 aliphatic heterocycles. The molecule has 0 heterocycles. The average Bonchev–Trinajstić information content (AvgIpc) is 2.10. The van der Waals surface area contributed by atoms with Crippen LogP contribution in [-0.4, -0.2) is 18.2 Å². The molecule has 1 aromatic carbocycles. The summed E-state index contributed by atoms with van der Waals surface area (Å²) in [6.45, 7) is 0. The van der Waals surface area contributed by atoms with Gasteiger partial charge >= 0.3 is 5.97 Å². The minimum absolute atomic E-state index is 0.283. The van der Waals surface area contributed by atoms with Gasteiger partial charge in [0.15, 0.2) is 6.10 Å². The van der Waals surface area contributed by atoms with Crippen molar-refractivity contribution in [2.24, 2.45) is 0 Å². The van der Waals surface area contributed by atoms with Gasteiger partial charge in [-0.25, -0.2) is 4.79 Å². The Morgan fingerprint density at radius 3 is 2.29 bits per heavy atom. The topological polar surface area (TPSA) is 46.5 Å². The van der Waals surface area contributed by atoms with Crippen LogP contribution in [0, 0.1) is 0 Å². The van der Waals surface area contributed by atoms with Crippen LogP contribution in [0.2, 0.25) is 10.0 Å². The molecule has 1 atom stereocenters. The smallest absolute Gasteiger partial charge is 0.337 e. The minimum Gasteiger partial charge on any atom is -0.479 e. The number of methoxy groups -OCH3 is 1. The number of hydrogen-bond acceptors (Lipinski definition) is 2. The van der Waals surface area contributed by atoms with E-state index >= 15 is 0 Å². The van der Waals surface area contributed by atoms with Gasteiger partial charge in [-0.15, -0.1) is 0 Å². The lowest BCUT2D eigenvalue weighted by atomic mass is 10.1. The number of carbonyl (C=O) groups is 1. The van der Waals surface area contributed by atoms with Gasteiger partial charge in [0, 0.05) is 22.7 Å². The van der Waals surface area contributed by atoms with Crippen molar-refractivity contribution in [2.45, 2.75) is 6.10 Å². The Hall–Kier alpha value is -0.770.